The van der Waals surface area contributed by atoms with Gasteiger partial charge in [-0.25, -0.2) is 0 Å². The summed E-state index contributed by atoms with van der Waals surface area (Å²) in [6, 6.07) is 9.66. The highest BCUT2D eigenvalue weighted by atomic mass is 16.5. The number of benzene rings is 1. The second-order valence-electron chi connectivity index (χ2n) is 4.46. The highest BCUT2D eigenvalue weighted by Crippen LogP contribution is 2.33. The number of hydrogen-bond donors (Lipinski definition) is 0. The smallest absolute Gasteiger partial charge is 0.131 e. The Kier molecular flexibility index (Phi) is 3.90. The van der Waals surface area contributed by atoms with Crippen molar-refractivity contribution in [3.8, 4) is 28.8 Å². The van der Waals surface area contributed by atoms with Gasteiger partial charge in [-0.2, -0.15) is 5.26 Å². The first kappa shape index (κ1) is 13.9. The van der Waals surface area contributed by atoms with E-state index in [2.05, 4.69) is 11.1 Å². The summed E-state index contributed by atoms with van der Waals surface area (Å²) in [7, 11) is 3.23. The van der Waals surface area contributed by atoms with Crippen LogP contribution >= 0.6 is 0 Å². The SMILES string of the molecule is COc1ccc(-c2cc(C)c(C#N)c(C)n2)c(OC)c1. The molecule has 0 unspecified atom stereocenters. The van der Waals surface area contributed by atoms with E-state index in [-0.39, 0.29) is 0 Å². The Balaban J connectivity index is 2.60. The first-order valence-electron chi connectivity index (χ1n) is 6.21. The highest BCUT2D eigenvalue weighted by Gasteiger charge is 2.12. The van der Waals surface area contributed by atoms with Crippen molar-refractivity contribution in [3.05, 3.63) is 41.1 Å². The van der Waals surface area contributed by atoms with Gasteiger partial charge < -0.3 is 9.47 Å². The molecule has 20 heavy (non-hydrogen) atoms. The topological polar surface area (TPSA) is 55.1 Å². The zero-order valence-corrected chi connectivity index (χ0v) is 12.0. The minimum atomic E-state index is 0.626. The minimum absolute atomic E-state index is 0.626. The molecule has 0 aliphatic heterocycles. The van der Waals surface area contributed by atoms with Crippen LogP contribution in [-0.2, 0) is 0 Å². The summed E-state index contributed by atoms with van der Waals surface area (Å²) in [5, 5.41) is 9.10. The van der Waals surface area contributed by atoms with Crippen molar-refractivity contribution in [3.63, 3.8) is 0 Å². The monoisotopic (exact) mass is 268 g/mol. The number of nitrogens with zero attached hydrogens (tertiary/aromatic N) is 2. The Labute approximate surface area is 118 Å². The molecule has 0 fully saturated rings. The van der Waals surface area contributed by atoms with Gasteiger partial charge in [-0.15, -0.1) is 0 Å². The number of hydrogen-bond acceptors (Lipinski definition) is 4. The third kappa shape index (κ3) is 2.43. The molecule has 1 heterocycles. The molecule has 0 bridgehead atoms. The summed E-state index contributed by atoms with van der Waals surface area (Å²) in [4.78, 5) is 4.50. The number of ether oxygens (including phenoxy) is 2. The quantitative estimate of drug-likeness (QED) is 0.857. The molecule has 0 radical (unpaired) electrons. The first-order valence-corrected chi connectivity index (χ1v) is 6.21. The number of rotatable bonds is 3. The maximum atomic E-state index is 9.10. The predicted molar refractivity (Wildman–Crippen MR) is 77.0 cm³/mol. The highest BCUT2D eigenvalue weighted by molar-refractivity contribution is 5.70. The summed E-state index contributed by atoms with van der Waals surface area (Å²) in [6.07, 6.45) is 0. The molecule has 0 aliphatic carbocycles. The van der Waals surface area contributed by atoms with Crippen LogP contribution in [0.1, 0.15) is 16.8 Å². The van der Waals surface area contributed by atoms with Crippen molar-refractivity contribution in [2.24, 2.45) is 0 Å². The largest absolute Gasteiger partial charge is 0.497 e. The molecule has 0 aliphatic rings. The van der Waals surface area contributed by atoms with Gasteiger partial charge in [0, 0.05) is 11.6 Å². The molecule has 0 atom stereocenters. The van der Waals surface area contributed by atoms with E-state index in [4.69, 9.17) is 14.7 Å². The molecule has 1 aromatic carbocycles. The predicted octanol–water partition coefficient (Wildman–Crippen LogP) is 3.25. The van der Waals surface area contributed by atoms with E-state index < -0.39 is 0 Å². The number of aryl methyl sites for hydroxylation is 2. The minimum Gasteiger partial charge on any atom is -0.497 e. The Morgan fingerprint density at radius 1 is 1.10 bits per heavy atom. The van der Waals surface area contributed by atoms with Gasteiger partial charge in [0.1, 0.15) is 17.6 Å². The number of pyridine rings is 1. The first-order chi connectivity index (χ1) is 9.60. The molecule has 0 amide bonds. The van der Waals surface area contributed by atoms with Gasteiger partial charge in [-0.05, 0) is 37.6 Å². The molecular weight excluding hydrogens is 252 g/mol. The number of aromatic nitrogens is 1. The molecular formula is C16H16N2O2. The molecule has 4 nitrogen and oxygen atoms in total. The Morgan fingerprint density at radius 3 is 2.40 bits per heavy atom. The van der Waals surface area contributed by atoms with Crippen LogP contribution in [0.25, 0.3) is 11.3 Å². The van der Waals surface area contributed by atoms with Crippen LogP contribution in [0.5, 0.6) is 11.5 Å². The van der Waals surface area contributed by atoms with Crippen molar-refractivity contribution < 1.29 is 9.47 Å². The van der Waals surface area contributed by atoms with E-state index >= 15 is 0 Å². The third-order valence-corrected chi connectivity index (χ3v) is 3.19. The van der Waals surface area contributed by atoms with E-state index in [1.165, 1.54) is 0 Å². The lowest BCUT2D eigenvalue weighted by Crippen LogP contribution is -1.97. The Bertz CT molecular complexity index is 664. The van der Waals surface area contributed by atoms with Gasteiger partial charge >= 0.3 is 0 Å². The van der Waals surface area contributed by atoms with Crippen LogP contribution in [0.3, 0.4) is 0 Å². The lowest BCUT2D eigenvalue weighted by molar-refractivity contribution is 0.395. The molecule has 0 spiro atoms. The standard InChI is InChI=1S/C16H16N2O2/c1-10-7-15(18-11(2)14(10)9-17)13-6-5-12(19-3)8-16(13)20-4/h5-8H,1-4H3. The summed E-state index contributed by atoms with van der Waals surface area (Å²) in [5.41, 5.74) is 3.93. The maximum Gasteiger partial charge on any atom is 0.131 e. The molecule has 0 saturated carbocycles. The third-order valence-electron chi connectivity index (χ3n) is 3.19. The van der Waals surface area contributed by atoms with Crippen LogP contribution in [0.2, 0.25) is 0 Å². The van der Waals surface area contributed by atoms with Crippen LogP contribution in [0.4, 0.5) is 0 Å². The zero-order chi connectivity index (χ0) is 14.7. The van der Waals surface area contributed by atoms with Crippen molar-refractivity contribution in [2.75, 3.05) is 14.2 Å². The Morgan fingerprint density at radius 2 is 1.85 bits per heavy atom. The average Bonchev–Trinajstić information content (AvgIpc) is 2.46. The molecule has 0 N–H and O–H groups in total. The number of methoxy groups -OCH3 is 2. The van der Waals surface area contributed by atoms with Gasteiger partial charge in [0.05, 0.1) is 31.2 Å². The van der Waals surface area contributed by atoms with E-state index in [0.29, 0.717) is 11.3 Å². The molecule has 4 heteroatoms. The molecule has 2 aromatic rings. The van der Waals surface area contributed by atoms with E-state index in [0.717, 1.165) is 28.3 Å². The van der Waals surface area contributed by atoms with Crippen LogP contribution in [0.15, 0.2) is 24.3 Å². The normalized spacial score (nSPS) is 9.95. The van der Waals surface area contributed by atoms with Crippen LogP contribution in [0, 0.1) is 25.2 Å². The summed E-state index contributed by atoms with van der Waals surface area (Å²) in [5.74, 6) is 1.42. The average molecular weight is 268 g/mol. The molecule has 2 rings (SSSR count). The zero-order valence-electron chi connectivity index (χ0n) is 12.0. The number of nitriles is 1. The second-order valence-corrected chi connectivity index (χ2v) is 4.46. The summed E-state index contributed by atoms with van der Waals surface area (Å²) < 4.78 is 10.6. The van der Waals surface area contributed by atoms with Gasteiger partial charge in [0.15, 0.2) is 0 Å². The second kappa shape index (κ2) is 5.62. The molecule has 1 aromatic heterocycles. The van der Waals surface area contributed by atoms with E-state index in [1.807, 2.05) is 38.1 Å². The molecule has 0 saturated heterocycles. The summed E-state index contributed by atoms with van der Waals surface area (Å²) in [6.45, 7) is 3.75. The van der Waals surface area contributed by atoms with Crippen molar-refractivity contribution in [1.82, 2.24) is 4.98 Å². The Hall–Kier alpha value is -2.54. The fourth-order valence-corrected chi connectivity index (χ4v) is 2.15. The summed E-state index contributed by atoms with van der Waals surface area (Å²) >= 11 is 0. The van der Waals surface area contributed by atoms with Crippen molar-refractivity contribution in [1.29, 1.82) is 5.26 Å². The fraction of sp³-hybridized carbons (Fsp3) is 0.250. The van der Waals surface area contributed by atoms with Crippen molar-refractivity contribution in [2.45, 2.75) is 13.8 Å². The van der Waals surface area contributed by atoms with Gasteiger partial charge in [0.25, 0.3) is 0 Å². The fourth-order valence-electron chi connectivity index (χ4n) is 2.15. The lowest BCUT2D eigenvalue weighted by Gasteiger charge is -2.12. The van der Waals surface area contributed by atoms with Gasteiger partial charge in [0.2, 0.25) is 0 Å². The van der Waals surface area contributed by atoms with Crippen LogP contribution in [-0.4, -0.2) is 19.2 Å². The van der Waals surface area contributed by atoms with Gasteiger partial charge in [-0.1, -0.05) is 0 Å². The van der Waals surface area contributed by atoms with Gasteiger partial charge in [-0.3, -0.25) is 4.98 Å². The van der Waals surface area contributed by atoms with Crippen molar-refractivity contribution >= 4 is 0 Å². The maximum absolute atomic E-state index is 9.10. The lowest BCUT2D eigenvalue weighted by atomic mass is 10.0. The molecule has 102 valence electrons. The van der Waals surface area contributed by atoms with E-state index in [9.17, 15) is 0 Å². The van der Waals surface area contributed by atoms with Crippen LogP contribution < -0.4 is 9.47 Å². The van der Waals surface area contributed by atoms with E-state index in [1.54, 1.807) is 14.2 Å².